The van der Waals surface area contributed by atoms with E-state index in [9.17, 15) is 19.6 Å². The maximum Gasteiger partial charge on any atom is 0.311 e. The van der Waals surface area contributed by atoms with Crippen LogP contribution >= 0.6 is 0 Å². The van der Waals surface area contributed by atoms with E-state index >= 15 is 0 Å². The van der Waals surface area contributed by atoms with Crippen molar-refractivity contribution in [3.8, 4) is 11.5 Å². The van der Waals surface area contributed by atoms with E-state index in [1.807, 2.05) is 0 Å². The molecule has 6 heteroatoms. The van der Waals surface area contributed by atoms with Crippen LogP contribution in [0.25, 0.3) is 0 Å². The molecule has 0 fully saturated rings. The van der Waals surface area contributed by atoms with Gasteiger partial charge in [0.1, 0.15) is 0 Å². The summed E-state index contributed by atoms with van der Waals surface area (Å²) in [6.45, 7) is 1.46. The van der Waals surface area contributed by atoms with Crippen molar-refractivity contribution in [2.45, 2.75) is 13.0 Å². The van der Waals surface area contributed by atoms with E-state index in [2.05, 4.69) is 0 Å². The fourth-order valence-corrected chi connectivity index (χ4v) is 1.77. The van der Waals surface area contributed by atoms with Crippen LogP contribution < -0.4 is 4.74 Å². The normalized spacial score (nSPS) is 11.9. The Labute approximate surface area is 114 Å². The third-order valence-electron chi connectivity index (χ3n) is 2.72. The Morgan fingerprint density at radius 2 is 1.95 bits per heavy atom. The molecule has 5 nitrogen and oxygen atoms in total. The molecule has 0 bridgehead atoms. The van der Waals surface area contributed by atoms with E-state index in [0.29, 0.717) is 0 Å². The van der Waals surface area contributed by atoms with Gasteiger partial charge in [-0.3, -0.25) is 10.1 Å². The highest BCUT2D eigenvalue weighted by Gasteiger charge is 2.19. The van der Waals surface area contributed by atoms with E-state index in [0.717, 1.165) is 6.07 Å². The molecular weight excluding hydrogens is 265 g/mol. The number of nitro benzene ring substituents is 1. The zero-order chi connectivity index (χ0) is 14.7. The molecule has 0 amide bonds. The van der Waals surface area contributed by atoms with Crippen LogP contribution in [0.15, 0.2) is 42.5 Å². The number of nitro groups is 1. The molecule has 0 aliphatic carbocycles. The number of halogens is 1. The molecule has 2 aromatic rings. The number of nitrogens with zero attached hydrogens (tertiary/aromatic N) is 1. The molecule has 0 spiro atoms. The molecule has 0 aromatic heterocycles. The molecule has 1 atom stereocenters. The van der Waals surface area contributed by atoms with Crippen molar-refractivity contribution in [3.05, 3.63) is 64.0 Å². The average Bonchev–Trinajstić information content (AvgIpc) is 2.41. The van der Waals surface area contributed by atoms with Gasteiger partial charge in [-0.15, -0.1) is 0 Å². The summed E-state index contributed by atoms with van der Waals surface area (Å²) >= 11 is 0. The number of para-hydroxylation sites is 3. The molecule has 104 valence electrons. The van der Waals surface area contributed by atoms with Crippen LogP contribution in [-0.2, 0) is 0 Å². The summed E-state index contributed by atoms with van der Waals surface area (Å²) in [5, 5.41) is 20.5. The monoisotopic (exact) mass is 277 g/mol. The Kier molecular flexibility index (Phi) is 3.95. The first-order valence-corrected chi connectivity index (χ1v) is 5.88. The topological polar surface area (TPSA) is 72.6 Å². The molecule has 0 saturated carbocycles. The van der Waals surface area contributed by atoms with Gasteiger partial charge in [-0.25, -0.2) is 4.39 Å². The summed E-state index contributed by atoms with van der Waals surface area (Å²) in [6.07, 6.45) is -0.955. The first kappa shape index (κ1) is 14.0. The Balaban J connectivity index is 2.48. The first-order valence-electron chi connectivity index (χ1n) is 5.88. The standard InChI is InChI=1S/C14H12FNO4/c1-9(17)10-5-4-6-11(15)14(10)20-13-8-3-2-7-12(13)16(18)19/h2-9,17H,1H3/t9-/m0/s1. The maximum absolute atomic E-state index is 13.8. The Hall–Kier alpha value is -2.47. The van der Waals surface area contributed by atoms with Crippen molar-refractivity contribution < 1.29 is 19.2 Å². The smallest absolute Gasteiger partial charge is 0.311 e. The van der Waals surface area contributed by atoms with E-state index in [-0.39, 0.29) is 22.7 Å². The van der Waals surface area contributed by atoms with Gasteiger partial charge in [-0.05, 0) is 19.1 Å². The van der Waals surface area contributed by atoms with Crippen molar-refractivity contribution in [3.63, 3.8) is 0 Å². The van der Waals surface area contributed by atoms with Gasteiger partial charge in [0.05, 0.1) is 11.0 Å². The number of hydrogen-bond donors (Lipinski definition) is 1. The van der Waals surface area contributed by atoms with Gasteiger partial charge in [0.2, 0.25) is 5.75 Å². The predicted octanol–water partition coefficient (Wildman–Crippen LogP) is 3.58. The maximum atomic E-state index is 13.8. The SMILES string of the molecule is C[C@H](O)c1cccc(F)c1Oc1ccccc1[N+](=O)[O-]. The van der Waals surface area contributed by atoms with Crippen LogP contribution in [0.3, 0.4) is 0 Å². The summed E-state index contributed by atoms with van der Waals surface area (Å²) in [6, 6.07) is 9.76. The molecule has 2 aromatic carbocycles. The fraction of sp³-hybridized carbons (Fsp3) is 0.143. The number of rotatable bonds is 4. The minimum Gasteiger partial charge on any atom is -0.447 e. The molecule has 0 saturated heterocycles. The van der Waals surface area contributed by atoms with Crippen molar-refractivity contribution in [2.24, 2.45) is 0 Å². The first-order chi connectivity index (χ1) is 9.50. The minimum atomic E-state index is -0.955. The predicted molar refractivity (Wildman–Crippen MR) is 70.2 cm³/mol. The molecular formula is C14H12FNO4. The molecule has 0 aliphatic heterocycles. The van der Waals surface area contributed by atoms with E-state index in [1.165, 1.54) is 37.3 Å². The third kappa shape index (κ3) is 2.75. The second-order valence-corrected chi connectivity index (χ2v) is 4.16. The lowest BCUT2D eigenvalue weighted by Gasteiger charge is -2.13. The second kappa shape index (κ2) is 5.66. The van der Waals surface area contributed by atoms with E-state index in [1.54, 1.807) is 6.07 Å². The van der Waals surface area contributed by atoms with Gasteiger partial charge in [0.25, 0.3) is 0 Å². The fourth-order valence-electron chi connectivity index (χ4n) is 1.77. The van der Waals surface area contributed by atoms with Gasteiger partial charge >= 0.3 is 5.69 Å². The number of ether oxygens (including phenoxy) is 1. The lowest BCUT2D eigenvalue weighted by Crippen LogP contribution is -2.00. The van der Waals surface area contributed by atoms with Gasteiger partial charge < -0.3 is 9.84 Å². The average molecular weight is 277 g/mol. The van der Waals surface area contributed by atoms with E-state index < -0.39 is 16.8 Å². The molecule has 2 rings (SSSR count). The van der Waals surface area contributed by atoms with E-state index in [4.69, 9.17) is 4.74 Å². The molecule has 0 unspecified atom stereocenters. The Bertz CT molecular complexity index is 643. The Morgan fingerprint density at radius 1 is 1.25 bits per heavy atom. The largest absolute Gasteiger partial charge is 0.447 e. The highest BCUT2D eigenvalue weighted by atomic mass is 19.1. The number of aliphatic hydroxyl groups is 1. The zero-order valence-corrected chi connectivity index (χ0v) is 10.6. The highest BCUT2D eigenvalue weighted by Crippen LogP contribution is 2.36. The number of hydrogen-bond acceptors (Lipinski definition) is 4. The third-order valence-corrected chi connectivity index (χ3v) is 2.72. The summed E-state index contributed by atoms with van der Waals surface area (Å²) in [7, 11) is 0. The minimum absolute atomic E-state index is 0.0792. The highest BCUT2D eigenvalue weighted by molar-refractivity contribution is 5.49. The van der Waals surface area contributed by atoms with Crippen molar-refractivity contribution >= 4 is 5.69 Å². The Morgan fingerprint density at radius 3 is 2.60 bits per heavy atom. The molecule has 0 aliphatic rings. The van der Waals surface area contributed by atoms with Crippen LogP contribution in [0.2, 0.25) is 0 Å². The summed E-state index contributed by atoms with van der Waals surface area (Å²) in [5.74, 6) is -0.983. The summed E-state index contributed by atoms with van der Waals surface area (Å²) in [4.78, 5) is 10.3. The second-order valence-electron chi connectivity index (χ2n) is 4.16. The van der Waals surface area contributed by atoms with Crippen LogP contribution in [-0.4, -0.2) is 10.0 Å². The molecule has 0 radical (unpaired) electrons. The summed E-state index contributed by atoms with van der Waals surface area (Å²) < 4.78 is 19.1. The number of aliphatic hydroxyl groups excluding tert-OH is 1. The lowest BCUT2D eigenvalue weighted by atomic mass is 10.1. The molecule has 0 heterocycles. The lowest BCUT2D eigenvalue weighted by molar-refractivity contribution is -0.385. The molecule has 20 heavy (non-hydrogen) atoms. The zero-order valence-electron chi connectivity index (χ0n) is 10.6. The number of benzene rings is 2. The van der Waals surface area contributed by atoms with Crippen molar-refractivity contribution in [1.82, 2.24) is 0 Å². The van der Waals surface area contributed by atoms with Gasteiger partial charge in [0, 0.05) is 11.6 Å². The van der Waals surface area contributed by atoms with Crippen molar-refractivity contribution in [1.29, 1.82) is 0 Å². The van der Waals surface area contributed by atoms with Crippen LogP contribution in [0, 0.1) is 15.9 Å². The van der Waals surface area contributed by atoms with Crippen LogP contribution in [0.1, 0.15) is 18.6 Å². The van der Waals surface area contributed by atoms with Crippen LogP contribution in [0.4, 0.5) is 10.1 Å². The van der Waals surface area contributed by atoms with Gasteiger partial charge in [-0.1, -0.05) is 24.3 Å². The molecule has 1 N–H and O–H groups in total. The van der Waals surface area contributed by atoms with Crippen molar-refractivity contribution in [2.75, 3.05) is 0 Å². The summed E-state index contributed by atoms with van der Waals surface area (Å²) in [5.41, 5.74) is -0.0459. The van der Waals surface area contributed by atoms with Crippen LogP contribution in [0.5, 0.6) is 11.5 Å². The van der Waals surface area contributed by atoms with Gasteiger partial charge in [0.15, 0.2) is 11.6 Å². The quantitative estimate of drug-likeness (QED) is 0.684. The van der Waals surface area contributed by atoms with Gasteiger partial charge in [-0.2, -0.15) is 0 Å².